The number of aromatic nitrogens is 2. The minimum atomic E-state index is -4.93. The fraction of sp³-hybridized carbons (Fsp3) is 0.476. The lowest BCUT2D eigenvalue weighted by molar-refractivity contribution is -0.139. The third-order valence-electron chi connectivity index (χ3n) is 6.05. The van der Waals surface area contributed by atoms with Gasteiger partial charge in [-0.15, -0.1) is 0 Å². The van der Waals surface area contributed by atoms with Gasteiger partial charge in [0.15, 0.2) is 5.67 Å². The molecule has 8 nitrogen and oxygen atoms in total. The summed E-state index contributed by atoms with van der Waals surface area (Å²) in [5.41, 5.74) is -2.85. The van der Waals surface area contributed by atoms with Crippen LogP contribution in [0.2, 0.25) is 0 Å². The number of rotatable bonds is 2. The van der Waals surface area contributed by atoms with E-state index in [2.05, 4.69) is 10.4 Å². The SMILES string of the molecule is CC1Cc2nn3c(c2CN1C(=O)Nc1ccc(F)c(C(F)(F)F)c1)C(=O)N(C)CC(F)(CO)C3. The molecule has 0 spiro atoms. The zero-order chi connectivity index (χ0) is 25.0. The molecule has 4 rings (SSSR count). The van der Waals surface area contributed by atoms with E-state index in [4.69, 9.17) is 0 Å². The fourth-order valence-electron chi connectivity index (χ4n) is 4.33. The first-order valence-corrected chi connectivity index (χ1v) is 10.4. The normalized spacial score (nSPS) is 22.8. The van der Waals surface area contributed by atoms with E-state index < -0.39 is 47.8 Å². The van der Waals surface area contributed by atoms with Crippen LogP contribution in [0.4, 0.5) is 32.4 Å². The summed E-state index contributed by atoms with van der Waals surface area (Å²) in [5.74, 6) is -1.98. The topological polar surface area (TPSA) is 90.7 Å². The first kappa shape index (κ1) is 23.9. The van der Waals surface area contributed by atoms with E-state index >= 15 is 4.39 Å². The highest BCUT2D eigenvalue weighted by atomic mass is 19.4. The number of fused-ring (bicyclic) bond motifs is 3. The summed E-state index contributed by atoms with van der Waals surface area (Å²) in [6.45, 7) is 0.103. The molecule has 2 unspecified atom stereocenters. The number of urea groups is 1. The monoisotopic (exact) mass is 487 g/mol. The van der Waals surface area contributed by atoms with Crippen LogP contribution < -0.4 is 5.32 Å². The number of aliphatic hydroxyl groups is 1. The highest BCUT2D eigenvalue weighted by Gasteiger charge is 2.42. The van der Waals surface area contributed by atoms with Crippen LogP contribution in [0.1, 0.15) is 34.2 Å². The summed E-state index contributed by atoms with van der Waals surface area (Å²) in [6.07, 6.45) is -4.71. The van der Waals surface area contributed by atoms with Crippen molar-refractivity contribution in [1.29, 1.82) is 0 Å². The van der Waals surface area contributed by atoms with E-state index in [0.717, 1.165) is 11.0 Å². The molecule has 2 aliphatic heterocycles. The molecule has 2 atom stereocenters. The van der Waals surface area contributed by atoms with Crippen molar-refractivity contribution in [2.45, 2.75) is 44.3 Å². The van der Waals surface area contributed by atoms with E-state index in [9.17, 15) is 32.3 Å². The molecule has 0 aliphatic carbocycles. The molecule has 2 N–H and O–H groups in total. The first-order valence-electron chi connectivity index (χ1n) is 10.4. The van der Waals surface area contributed by atoms with Gasteiger partial charge in [0, 0.05) is 30.8 Å². The predicted molar refractivity (Wildman–Crippen MR) is 109 cm³/mol. The average molecular weight is 487 g/mol. The van der Waals surface area contributed by atoms with E-state index in [1.807, 2.05) is 0 Å². The Balaban J connectivity index is 1.62. The summed E-state index contributed by atoms with van der Waals surface area (Å²) < 4.78 is 68.8. The number of carbonyl (C=O) groups excluding carboxylic acids is 2. The molecular formula is C21H22F5N5O3. The van der Waals surface area contributed by atoms with Crippen molar-refractivity contribution in [3.05, 3.63) is 46.5 Å². The maximum absolute atomic E-state index is 15.0. The molecule has 0 bridgehead atoms. The third kappa shape index (κ3) is 4.19. The number of halogens is 5. The van der Waals surface area contributed by atoms with Crippen LogP contribution in [-0.4, -0.2) is 68.5 Å². The molecule has 1 aromatic carbocycles. The number of amides is 3. The number of benzene rings is 1. The Kier molecular flexibility index (Phi) is 5.78. The molecule has 13 heteroatoms. The van der Waals surface area contributed by atoms with Crippen LogP contribution >= 0.6 is 0 Å². The molecule has 2 aromatic rings. The van der Waals surface area contributed by atoms with E-state index in [0.29, 0.717) is 23.4 Å². The lowest BCUT2D eigenvalue weighted by Gasteiger charge is -2.33. The number of hydrogen-bond acceptors (Lipinski definition) is 4. The lowest BCUT2D eigenvalue weighted by atomic mass is 9.99. The minimum absolute atomic E-state index is 0.0938. The third-order valence-corrected chi connectivity index (χ3v) is 6.05. The van der Waals surface area contributed by atoms with Crippen molar-refractivity contribution in [3.8, 4) is 0 Å². The minimum Gasteiger partial charge on any atom is -0.393 e. The predicted octanol–water partition coefficient (Wildman–Crippen LogP) is 2.81. The maximum atomic E-state index is 15.0. The molecule has 3 amide bonds. The Labute approximate surface area is 190 Å². The van der Waals surface area contributed by atoms with Crippen molar-refractivity contribution in [3.63, 3.8) is 0 Å². The highest BCUT2D eigenvalue weighted by molar-refractivity contribution is 5.95. The van der Waals surface area contributed by atoms with Gasteiger partial charge in [-0.2, -0.15) is 18.3 Å². The fourth-order valence-corrected chi connectivity index (χ4v) is 4.33. The van der Waals surface area contributed by atoms with Gasteiger partial charge >= 0.3 is 12.2 Å². The van der Waals surface area contributed by atoms with Gasteiger partial charge in [0.25, 0.3) is 5.91 Å². The van der Waals surface area contributed by atoms with Gasteiger partial charge in [-0.25, -0.2) is 13.6 Å². The van der Waals surface area contributed by atoms with Crippen LogP contribution in [-0.2, 0) is 25.7 Å². The molecule has 0 fully saturated rings. The van der Waals surface area contributed by atoms with E-state index in [1.54, 1.807) is 6.92 Å². The summed E-state index contributed by atoms with van der Waals surface area (Å²) in [5, 5.41) is 16.2. The number of nitrogens with one attached hydrogen (secondary N) is 1. The van der Waals surface area contributed by atoms with Crippen molar-refractivity contribution < 1.29 is 36.6 Å². The van der Waals surface area contributed by atoms with Gasteiger partial charge in [0.1, 0.15) is 11.5 Å². The van der Waals surface area contributed by atoms with Crippen LogP contribution in [0.3, 0.4) is 0 Å². The van der Waals surface area contributed by atoms with Gasteiger partial charge in [-0.1, -0.05) is 0 Å². The second kappa shape index (κ2) is 8.22. The van der Waals surface area contributed by atoms with Crippen molar-refractivity contribution in [1.82, 2.24) is 19.6 Å². The molecular weight excluding hydrogens is 465 g/mol. The van der Waals surface area contributed by atoms with Gasteiger partial charge in [0.2, 0.25) is 0 Å². The Hall–Kier alpha value is -3.22. The van der Waals surface area contributed by atoms with Gasteiger partial charge in [0.05, 0.1) is 37.5 Å². The molecule has 184 valence electrons. The average Bonchev–Trinajstić information content (AvgIpc) is 3.04. The molecule has 0 radical (unpaired) electrons. The summed E-state index contributed by atoms with van der Waals surface area (Å²) >= 11 is 0. The number of nitrogens with zero attached hydrogens (tertiary/aromatic N) is 4. The number of carbonyl (C=O) groups is 2. The molecule has 0 saturated carbocycles. The summed E-state index contributed by atoms with van der Waals surface area (Å²) in [7, 11) is 1.39. The van der Waals surface area contributed by atoms with Crippen LogP contribution in [0.15, 0.2) is 18.2 Å². The highest BCUT2D eigenvalue weighted by Crippen LogP contribution is 2.34. The second-order valence-electron chi connectivity index (χ2n) is 8.71. The Morgan fingerprint density at radius 3 is 2.68 bits per heavy atom. The van der Waals surface area contributed by atoms with E-state index in [-0.39, 0.29) is 37.4 Å². The molecule has 1 aromatic heterocycles. The largest absolute Gasteiger partial charge is 0.419 e. The first-order chi connectivity index (χ1) is 15.8. The quantitative estimate of drug-likeness (QED) is 0.638. The van der Waals surface area contributed by atoms with Crippen molar-refractivity contribution >= 4 is 17.6 Å². The Bertz CT molecular complexity index is 1150. The number of hydrogen-bond donors (Lipinski definition) is 2. The maximum Gasteiger partial charge on any atom is 0.419 e. The Morgan fingerprint density at radius 2 is 2.03 bits per heavy atom. The second-order valence-corrected chi connectivity index (χ2v) is 8.71. The van der Waals surface area contributed by atoms with Crippen molar-refractivity contribution in [2.75, 3.05) is 25.5 Å². The zero-order valence-corrected chi connectivity index (χ0v) is 18.3. The summed E-state index contributed by atoms with van der Waals surface area (Å²) in [6, 6.07) is 0.945. The van der Waals surface area contributed by atoms with Gasteiger partial charge in [-0.05, 0) is 25.1 Å². The summed E-state index contributed by atoms with van der Waals surface area (Å²) in [4.78, 5) is 28.3. The molecule has 34 heavy (non-hydrogen) atoms. The Morgan fingerprint density at radius 1 is 1.32 bits per heavy atom. The van der Waals surface area contributed by atoms with Gasteiger partial charge < -0.3 is 20.2 Å². The van der Waals surface area contributed by atoms with Gasteiger partial charge in [-0.3, -0.25) is 9.48 Å². The standard InChI is InChI=1S/C21H22F5N5O3/c1-11-5-16-13(17-18(33)29(2)8-20(23,10-32)9-31(17)28-16)7-30(11)19(34)27-12-3-4-15(22)14(6-12)21(24,25)26/h3-4,6,11,32H,5,7-10H2,1-2H3,(H,27,34). The smallest absolute Gasteiger partial charge is 0.393 e. The molecule has 3 heterocycles. The number of anilines is 1. The number of aliphatic hydroxyl groups excluding tert-OH is 1. The lowest BCUT2D eigenvalue weighted by Crippen LogP contribution is -2.45. The van der Waals surface area contributed by atoms with Crippen molar-refractivity contribution in [2.24, 2.45) is 0 Å². The molecule has 2 aliphatic rings. The van der Waals surface area contributed by atoms with E-state index in [1.165, 1.54) is 16.6 Å². The van der Waals surface area contributed by atoms with Crippen LogP contribution in [0.25, 0.3) is 0 Å². The van der Waals surface area contributed by atoms with Crippen LogP contribution in [0, 0.1) is 5.82 Å². The van der Waals surface area contributed by atoms with Crippen LogP contribution in [0.5, 0.6) is 0 Å². The zero-order valence-electron chi connectivity index (χ0n) is 18.3. The number of alkyl halides is 4. The molecule has 0 saturated heterocycles.